The average Bonchev–Trinajstić information content (AvgIpc) is 2.85. The predicted molar refractivity (Wildman–Crippen MR) is 74.4 cm³/mol. The van der Waals surface area contributed by atoms with E-state index in [4.69, 9.17) is 0 Å². The molecule has 0 aliphatic rings. The number of nitrogens with one attached hydrogen (secondary N) is 2. The van der Waals surface area contributed by atoms with Crippen LogP contribution in [0.1, 0.15) is 10.4 Å². The van der Waals surface area contributed by atoms with E-state index in [2.05, 4.69) is 10.3 Å². The van der Waals surface area contributed by atoms with Crippen LogP contribution in [-0.4, -0.2) is 16.0 Å². The van der Waals surface area contributed by atoms with Crippen molar-refractivity contribution in [3.8, 4) is 5.75 Å². The van der Waals surface area contributed by atoms with Gasteiger partial charge >= 0.3 is 0 Å². The van der Waals surface area contributed by atoms with Crippen molar-refractivity contribution in [2.75, 3.05) is 5.32 Å². The Hall–Kier alpha value is -2.75. The first-order chi connectivity index (χ1) is 9.22. The number of benzene rings is 2. The number of phenols is 1. The Morgan fingerprint density at radius 3 is 2.84 bits per heavy atom. The lowest BCUT2D eigenvalue weighted by molar-refractivity contribution is 0.102. The lowest BCUT2D eigenvalue weighted by Gasteiger charge is -2.05. The van der Waals surface area contributed by atoms with Crippen molar-refractivity contribution in [2.45, 2.75) is 0 Å². The molecule has 94 valence electrons. The van der Waals surface area contributed by atoms with Gasteiger partial charge in [0, 0.05) is 29.0 Å². The number of fused-ring (bicyclic) bond motifs is 1. The van der Waals surface area contributed by atoms with Crippen molar-refractivity contribution in [3.63, 3.8) is 0 Å². The molecule has 1 aromatic heterocycles. The first kappa shape index (κ1) is 11.3. The van der Waals surface area contributed by atoms with Gasteiger partial charge in [-0.15, -0.1) is 0 Å². The highest BCUT2D eigenvalue weighted by Crippen LogP contribution is 2.18. The van der Waals surface area contributed by atoms with Gasteiger partial charge in [-0.1, -0.05) is 12.1 Å². The van der Waals surface area contributed by atoms with Crippen molar-refractivity contribution in [1.82, 2.24) is 4.98 Å². The maximum atomic E-state index is 12.1. The number of aromatic amines is 1. The fraction of sp³-hybridized carbons (Fsp3) is 0. The number of hydrogen-bond acceptors (Lipinski definition) is 2. The molecule has 4 nitrogen and oxygen atoms in total. The van der Waals surface area contributed by atoms with Crippen LogP contribution in [0, 0.1) is 0 Å². The maximum Gasteiger partial charge on any atom is 0.255 e. The smallest absolute Gasteiger partial charge is 0.255 e. The van der Waals surface area contributed by atoms with Crippen LogP contribution in [0.2, 0.25) is 0 Å². The molecule has 0 fully saturated rings. The standard InChI is InChI=1S/C15H12N2O2/c18-13-3-1-2-12(9-13)17-15(19)11-5-4-10-6-7-16-14(10)8-11/h1-9,16,18H,(H,17,19). The van der Waals surface area contributed by atoms with Crippen LogP contribution in [0.5, 0.6) is 5.75 Å². The summed E-state index contributed by atoms with van der Waals surface area (Å²) >= 11 is 0. The number of aromatic nitrogens is 1. The highest BCUT2D eigenvalue weighted by molar-refractivity contribution is 6.06. The quantitative estimate of drug-likeness (QED) is 0.656. The van der Waals surface area contributed by atoms with Gasteiger partial charge in [-0.25, -0.2) is 0 Å². The molecule has 3 rings (SSSR count). The monoisotopic (exact) mass is 252 g/mol. The van der Waals surface area contributed by atoms with Gasteiger partial charge in [0.25, 0.3) is 5.91 Å². The van der Waals surface area contributed by atoms with Gasteiger partial charge in [0.2, 0.25) is 0 Å². The Bertz CT molecular complexity index is 746. The Morgan fingerprint density at radius 1 is 1.11 bits per heavy atom. The van der Waals surface area contributed by atoms with Gasteiger partial charge in [0.15, 0.2) is 0 Å². The van der Waals surface area contributed by atoms with E-state index in [1.54, 1.807) is 30.3 Å². The second-order valence-electron chi connectivity index (χ2n) is 4.28. The molecule has 1 amide bonds. The zero-order valence-electron chi connectivity index (χ0n) is 10.1. The zero-order valence-corrected chi connectivity index (χ0v) is 10.1. The summed E-state index contributed by atoms with van der Waals surface area (Å²) in [5.74, 6) is -0.0836. The van der Waals surface area contributed by atoms with E-state index in [1.807, 2.05) is 18.3 Å². The number of H-pyrrole nitrogens is 1. The Balaban J connectivity index is 1.87. The lowest BCUT2D eigenvalue weighted by Crippen LogP contribution is -2.11. The molecule has 0 unspecified atom stereocenters. The summed E-state index contributed by atoms with van der Waals surface area (Å²) in [6.07, 6.45) is 1.83. The van der Waals surface area contributed by atoms with Crippen LogP contribution >= 0.6 is 0 Å². The van der Waals surface area contributed by atoms with Crippen LogP contribution in [0.15, 0.2) is 54.7 Å². The Labute approximate surface area is 109 Å². The molecular weight excluding hydrogens is 240 g/mol. The molecule has 0 saturated heterocycles. The molecule has 0 bridgehead atoms. The molecule has 19 heavy (non-hydrogen) atoms. The van der Waals surface area contributed by atoms with E-state index >= 15 is 0 Å². The summed E-state index contributed by atoms with van der Waals surface area (Å²) in [7, 11) is 0. The number of amides is 1. The molecule has 0 atom stereocenters. The number of carbonyl (C=O) groups excluding carboxylic acids is 1. The van der Waals surface area contributed by atoms with Crippen LogP contribution in [-0.2, 0) is 0 Å². The molecule has 2 aromatic carbocycles. The molecule has 0 radical (unpaired) electrons. The maximum absolute atomic E-state index is 12.1. The first-order valence-electron chi connectivity index (χ1n) is 5.90. The number of anilines is 1. The van der Waals surface area contributed by atoms with E-state index in [0.29, 0.717) is 11.3 Å². The average molecular weight is 252 g/mol. The van der Waals surface area contributed by atoms with Gasteiger partial charge in [0.05, 0.1) is 0 Å². The van der Waals surface area contributed by atoms with Gasteiger partial charge in [-0.05, 0) is 35.7 Å². The minimum Gasteiger partial charge on any atom is -0.508 e. The molecule has 0 aliphatic heterocycles. The number of hydrogen-bond donors (Lipinski definition) is 3. The zero-order chi connectivity index (χ0) is 13.2. The number of rotatable bonds is 2. The van der Waals surface area contributed by atoms with E-state index in [0.717, 1.165) is 10.9 Å². The fourth-order valence-corrected chi connectivity index (χ4v) is 1.98. The molecule has 0 spiro atoms. The van der Waals surface area contributed by atoms with E-state index in [-0.39, 0.29) is 11.7 Å². The fourth-order valence-electron chi connectivity index (χ4n) is 1.98. The summed E-state index contributed by atoms with van der Waals surface area (Å²) in [4.78, 5) is 15.2. The minimum atomic E-state index is -0.206. The third-order valence-electron chi connectivity index (χ3n) is 2.92. The van der Waals surface area contributed by atoms with Crippen molar-refractivity contribution < 1.29 is 9.90 Å². The predicted octanol–water partition coefficient (Wildman–Crippen LogP) is 3.13. The molecule has 4 heteroatoms. The van der Waals surface area contributed by atoms with Crippen LogP contribution in [0.4, 0.5) is 5.69 Å². The summed E-state index contributed by atoms with van der Waals surface area (Å²) in [6.45, 7) is 0. The topological polar surface area (TPSA) is 65.1 Å². The van der Waals surface area contributed by atoms with Gasteiger partial charge in [0.1, 0.15) is 5.75 Å². The molecule has 1 heterocycles. The Morgan fingerprint density at radius 2 is 2.00 bits per heavy atom. The molecule has 3 N–H and O–H groups in total. The SMILES string of the molecule is O=C(Nc1cccc(O)c1)c1ccc2cc[nH]c2c1. The van der Waals surface area contributed by atoms with Crippen molar-refractivity contribution >= 4 is 22.5 Å². The molecule has 0 aliphatic carbocycles. The van der Waals surface area contributed by atoms with E-state index < -0.39 is 0 Å². The highest BCUT2D eigenvalue weighted by Gasteiger charge is 2.07. The summed E-state index contributed by atoms with van der Waals surface area (Å²) in [5, 5.41) is 13.2. The summed E-state index contributed by atoms with van der Waals surface area (Å²) in [5.41, 5.74) is 2.05. The second kappa shape index (κ2) is 4.49. The first-order valence-corrected chi connectivity index (χ1v) is 5.90. The molecular formula is C15H12N2O2. The minimum absolute atomic E-state index is 0.123. The Kier molecular flexibility index (Phi) is 2.68. The van der Waals surface area contributed by atoms with Gasteiger partial charge in [-0.3, -0.25) is 4.79 Å². The van der Waals surface area contributed by atoms with Crippen molar-refractivity contribution in [3.05, 3.63) is 60.3 Å². The van der Waals surface area contributed by atoms with E-state index in [1.165, 1.54) is 6.07 Å². The van der Waals surface area contributed by atoms with Crippen molar-refractivity contribution in [2.24, 2.45) is 0 Å². The van der Waals surface area contributed by atoms with Crippen LogP contribution in [0.25, 0.3) is 10.9 Å². The molecule has 3 aromatic rings. The number of aromatic hydroxyl groups is 1. The number of phenolic OH excluding ortho intramolecular Hbond substituents is 1. The summed E-state index contributed by atoms with van der Waals surface area (Å²) in [6, 6.07) is 13.9. The van der Waals surface area contributed by atoms with Gasteiger partial charge < -0.3 is 15.4 Å². The van der Waals surface area contributed by atoms with Crippen LogP contribution in [0.3, 0.4) is 0 Å². The highest BCUT2D eigenvalue weighted by atomic mass is 16.3. The number of carbonyl (C=O) groups is 1. The lowest BCUT2D eigenvalue weighted by atomic mass is 10.1. The normalized spacial score (nSPS) is 10.5. The second-order valence-corrected chi connectivity index (χ2v) is 4.28. The van der Waals surface area contributed by atoms with Crippen molar-refractivity contribution in [1.29, 1.82) is 0 Å². The van der Waals surface area contributed by atoms with Gasteiger partial charge in [-0.2, -0.15) is 0 Å². The van der Waals surface area contributed by atoms with Crippen LogP contribution < -0.4 is 5.32 Å². The van der Waals surface area contributed by atoms with E-state index in [9.17, 15) is 9.90 Å². The third kappa shape index (κ3) is 2.28. The molecule has 0 saturated carbocycles. The summed E-state index contributed by atoms with van der Waals surface area (Å²) < 4.78 is 0. The largest absolute Gasteiger partial charge is 0.508 e. The third-order valence-corrected chi connectivity index (χ3v) is 2.92.